The van der Waals surface area contributed by atoms with E-state index < -0.39 is 0 Å². The third kappa shape index (κ3) is 2.42. The number of carbonyl (C=O) groups is 1. The standard InChI is InChI=1S/C15H14N2O3/c18-14-6-5-10(9-16-14)15(19)17-12-7-8-20-13-4-2-1-3-11(12)13/h1-6,9,12H,7-8H2,(H,16,18)(H,17,19)/t12-/m0/s1. The molecule has 0 aliphatic carbocycles. The number of pyridine rings is 1. The number of benzene rings is 1. The van der Waals surface area contributed by atoms with E-state index in [9.17, 15) is 9.59 Å². The number of H-pyrrole nitrogens is 1. The summed E-state index contributed by atoms with van der Waals surface area (Å²) in [6, 6.07) is 10.5. The quantitative estimate of drug-likeness (QED) is 0.871. The Morgan fingerprint density at radius 3 is 2.90 bits per heavy atom. The lowest BCUT2D eigenvalue weighted by Crippen LogP contribution is -2.32. The van der Waals surface area contributed by atoms with Crippen LogP contribution in [0.2, 0.25) is 0 Å². The number of hydrogen-bond donors (Lipinski definition) is 2. The van der Waals surface area contributed by atoms with Crippen molar-refractivity contribution in [2.24, 2.45) is 0 Å². The summed E-state index contributed by atoms with van der Waals surface area (Å²) in [6.45, 7) is 0.577. The van der Waals surface area contributed by atoms with E-state index in [1.54, 1.807) is 0 Å². The fourth-order valence-corrected chi connectivity index (χ4v) is 2.29. The third-order valence-electron chi connectivity index (χ3n) is 3.31. The van der Waals surface area contributed by atoms with E-state index in [1.165, 1.54) is 18.3 Å². The highest BCUT2D eigenvalue weighted by Crippen LogP contribution is 2.31. The number of aromatic nitrogens is 1. The maximum atomic E-state index is 12.2. The van der Waals surface area contributed by atoms with E-state index in [1.807, 2.05) is 24.3 Å². The van der Waals surface area contributed by atoms with Crippen LogP contribution in [0.1, 0.15) is 28.4 Å². The molecule has 2 N–H and O–H groups in total. The van der Waals surface area contributed by atoms with Crippen LogP contribution < -0.4 is 15.6 Å². The van der Waals surface area contributed by atoms with Crippen molar-refractivity contribution in [3.05, 3.63) is 64.1 Å². The predicted octanol–water partition coefficient (Wildman–Crippen LogP) is 1.63. The van der Waals surface area contributed by atoms with Crippen molar-refractivity contribution < 1.29 is 9.53 Å². The van der Waals surface area contributed by atoms with Crippen molar-refractivity contribution in [1.29, 1.82) is 0 Å². The number of amides is 1. The molecule has 5 nitrogen and oxygen atoms in total. The molecule has 102 valence electrons. The molecule has 0 radical (unpaired) electrons. The third-order valence-corrected chi connectivity index (χ3v) is 3.31. The Balaban J connectivity index is 1.80. The van der Waals surface area contributed by atoms with Gasteiger partial charge in [0.1, 0.15) is 5.75 Å². The maximum Gasteiger partial charge on any atom is 0.253 e. The van der Waals surface area contributed by atoms with Crippen molar-refractivity contribution in [1.82, 2.24) is 10.3 Å². The Morgan fingerprint density at radius 1 is 1.25 bits per heavy atom. The molecule has 0 spiro atoms. The summed E-state index contributed by atoms with van der Waals surface area (Å²) in [6.07, 6.45) is 2.15. The monoisotopic (exact) mass is 270 g/mol. The van der Waals surface area contributed by atoms with Gasteiger partial charge >= 0.3 is 0 Å². The molecule has 1 aliphatic heterocycles. The van der Waals surface area contributed by atoms with Crippen LogP contribution in [0.15, 0.2) is 47.4 Å². The summed E-state index contributed by atoms with van der Waals surface area (Å²) >= 11 is 0. The van der Waals surface area contributed by atoms with Crippen LogP contribution in [0.5, 0.6) is 5.75 Å². The number of carbonyl (C=O) groups excluding carboxylic acids is 1. The first-order valence-corrected chi connectivity index (χ1v) is 6.45. The molecular weight excluding hydrogens is 256 g/mol. The Labute approximate surface area is 115 Å². The van der Waals surface area contributed by atoms with Gasteiger partial charge in [-0.1, -0.05) is 18.2 Å². The summed E-state index contributed by atoms with van der Waals surface area (Å²) in [7, 11) is 0. The number of hydrogen-bond acceptors (Lipinski definition) is 3. The molecule has 3 rings (SSSR count). The van der Waals surface area contributed by atoms with Crippen LogP contribution >= 0.6 is 0 Å². The zero-order valence-corrected chi connectivity index (χ0v) is 10.8. The van der Waals surface area contributed by atoms with E-state index in [-0.39, 0.29) is 17.5 Å². The van der Waals surface area contributed by atoms with Gasteiger partial charge in [-0.3, -0.25) is 9.59 Å². The lowest BCUT2D eigenvalue weighted by atomic mass is 10.0. The van der Waals surface area contributed by atoms with E-state index in [0.29, 0.717) is 12.2 Å². The average molecular weight is 270 g/mol. The molecule has 0 bridgehead atoms. The number of rotatable bonds is 2. The fourth-order valence-electron chi connectivity index (χ4n) is 2.29. The second-order valence-corrected chi connectivity index (χ2v) is 4.64. The molecule has 1 atom stereocenters. The number of para-hydroxylation sites is 1. The second-order valence-electron chi connectivity index (χ2n) is 4.64. The topological polar surface area (TPSA) is 71.2 Å². The van der Waals surface area contributed by atoms with Gasteiger partial charge in [-0.25, -0.2) is 0 Å². The van der Waals surface area contributed by atoms with Crippen molar-refractivity contribution in [3.8, 4) is 5.75 Å². The van der Waals surface area contributed by atoms with Gasteiger partial charge in [0.05, 0.1) is 18.2 Å². The molecular formula is C15H14N2O3. The van der Waals surface area contributed by atoms with Crippen LogP contribution in [0.3, 0.4) is 0 Å². The highest BCUT2D eigenvalue weighted by molar-refractivity contribution is 5.94. The van der Waals surface area contributed by atoms with Crippen LogP contribution in [-0.4, -0.2) is 17.5 Å². The predicted molar refractivity (Wildman–Crippen MR) is 73.8 cm³/mol. The van der Waals surface area contributed by atoms with Crippen molar-refractivity contribution >= 4 is 5.91 Å². The zero-order chi connectivity index (χ0) is 13.9. The molecule has 1 aliphatic rings. The van der Waals surface area contributed by atoms with E-state index in [0.717, 1.165) is 17.7 Å². The summed E-state index contributed by atoms with van der Waals surface area (Å²) in [5, 5.41) is 2.97. The molecule has 20 heavy (non-hydrogen) atoms. The Morgan fingerprint density at radius 2 is 2.10 bits per heavy atom. The van der Waals surface area contributed by atoms with Crippen molar-refractivity contribution in [2.45, 2.75) is 12.5 Å². The van der Waals surface area contributed by atoms with E-state index in [2.05, 4.69) is 10.3 Å². The van der Waals surface area contributed by atoms with Crippen LogP contribution in [0, 0.1) is 0 Å². The van der Waals surface area contributed by atoms with Crippen LogP contribution in [-0.2, 0) is 0 Å². The van der Waals surface area contributed by atoms with Crippen molar-refractivity contribution in [3.63, 3.8) is 0 Å². The van der Waals surface area contributed by atoms with Gasteiger partial charge < -0.3 is 15.0 Å². The molecule has 2 aromatic rings. The minimum Gasteiger partial charge on any atom is -0.493 e. The van der Waals surface area contributed by atoms with Crippen molar-refractivity contribution in [2.75, 3.05) is 6.61 Å². The van der Waals surface area contributed by atoms with E-state index in [4.69, 9.17) is 4.74 Å². The summed E-state index contributed by atoms with van der Waals surface area (Å²) in [5.74, 6) is 0.605. The largest absolute Gasteiger partial charge is 0.493 e. The van der Waals surface area contributed by atoms with Gasteiger partial charge in [-0.05, 0) is 12.1 Å². The van der Waals surface area contributed by atoms with Gasteiger partial charge in [0, 0.05) is 24.2 Å². The second kappa shape index (κ2) is 5.21. The number of fused-ring (bicyclic) bond motifs is 1. The van der Waals surface area contributed by atoms with E-state index >= 15 is 0 Å². The minimum atomic E-state index is -0.224. The van der Waals surface area contributed by atoms with Gasteiger partial charge in [0.15, 0.2) is 0 Å². The van der Waals surface area contributed by atoms with Gasteiger partial charge in [-0.15, -0.1) is 0 Å². The molecule has 0 saturated carbocycles. The fraction of sp³-hybridized carbons (Fsp3) is 0.200. The van der Waals surface area contributed by atoms with Gasteiger partial charge in [0.25, 0.3) is 5.91 Å². The zero-order valence-electron chi connectivity index (χ0n) is 10.8. The first-order valence-electron chi connectivity index (χ1n) is 6.45. The molecule has 0 saturated heterocycles. The maximum absolute atomic E-state index is 12.2. The lowest BCUT2D eigenvalue weighted by Gasteiger charge is -2.26. The number of aromatic amines is 1. The first kappa shape index (κ1) is 12.5. The molecule has 1 aromatic carbocycles. The first-order chi connectivity index (χ1) is 9.74. The SMILES string of the molecule is O=C(N[C@H]1CCOc2ccccc21)c1ccc(=O)[nH]c1. The summed E-state index contributed by atoms with van der Waals surface area (Å²) < 4.78 is 5.56. The van der Waals surface area contributed by atoms with Crippen LogP contribution in [0.4, 0.5) is 0 Å². The number of nitrogens with one attached hydrogen (secondary N) is 2. The van der Waals surface area contributed by atoms with Gasteiger partial charge in [-0.2, -0.15) is 0 Å². The smallest absolute Gasteiger partial charge is 0.253 e. The summed E-state index contributed by atoms with van der Waals surface area (Å²) in [5.41, 5.74) is 1.20. The highest BCUT2D eigenvalue weighted by atomic mass is 16.5. The normalized spacial score (nSPS) is 16.9. The molecule has 1 aromatic heterocycles. The lowest BCUT2D eigenvalue weighted by molar-refractivity contribution is 0.0924. The highest BCUT2D eigenvalue weighted by Gasteiger charge is 2.22. The molecule has 0 fully saturated rings. The molecule has 2 heterocycles. The van der Waals surface area contributed by atoms with Crippen LogP contribution in [0.25, 0.3) is 0 Å². The molecule has 1 amide bonds. The average Bonchev–Trinajstić information content (AvgIpc) is 2.48. The Bertz CT molecular complexity index is 673. The Hall–Kier alpha value is -2.56. The molecule has 0 unspecified atom stereocenters. The number of ether oxygens (including phenoxy) is 1. The summed E-state index contributed by atoms with van der Waals surface area (Å²) in [4.78, 5) is 25.7. The molecule has 5 heteroatoms. The Kier molecular flexibility index (Phi) is 3.25. The minimum absolute atomic E-state index is 0.0700. The van der Waals surface area contributed by atoms with Gasteiger partial charge in [0.2, 0.25) is 5.56 Å².